The number of para-hydroxylation sites is 1. The zero-order valence-corrected chi connectivity index (χ0v) is 14.8. The number of oxime groups is 1. The number of rotatable bonds is 4. The molecule has 1 aliphatic heterocycles. The molecule has 4 rings (SSSR count). The third kappa shape index (κ3) is 4.85. The summed E-state index contributed by atoms with van der Waals surface area (Å²) in [4.78, 5) is 17.0. The van der Waals surface area contributed by atoms with Gasteiger partial charge in [-0.15, -0.1) is 0 Å². The topological polar surface area (TPSA) is 117 Å². The first kappa shape index (κ1) is 18.9. The van der Waals surface area contributed by atoms with Gasteiger partial charge in [0.05, 0.1) is 5.09 Å². The monoisotopic (exact) mass is 382 g/mol. The van der Waals surface area contributed by atoms with Crippen molar-refractivity contribution in [1.82, 2.24) is 4.98 Å². The van der Waals surface area contributed by atoms with E-state index in [0.29, 0.717) is 13.2 Å². The van der Waals surface area contributed by atoms with Crippen LogP contribution in [0.15, 0.2) is 78.5 Å². The number of nitrogens with zero attached hydrogens (tertiary/aromatic N) is 3. The maximum Gasteiger partial charge on any atom is 0.242 e. The molecule has 1 N–H and O–H groups in total. The number of H-pyrrole nitrogens is 1. The van der Waals surface area contributed by atoms with Crippen LogP contribution in [0.3, 0.4) is 0 Å². The fourth-order valence-corrected chi connectivity index (χ4v) is 2.81. The molecule has 0 saturated carbocycles. The van der Waals surface area contributed by atoms with E-state index in [-0.39, 0.29) is 6.04 Å². The summed E-state index contributed by atoms with van der Waals surface area (Å²) in [7, 11) is 0. The molecule has 0 amide bonds. The molecule has 144 valence electrons. The van der Waals surface area contributed by atoms with Crippen molar-refractivity contribution in [3.8, 4) is 5.75 Å². The lowest BCUT2D eigenvalue weighted by molar-refractivity contribution is -0.706. The first-order valence-corrected chi connectivity index (χ1v) is 8.46. The molecule has 1 unspecified atom stereocenters. The molecule has 1 aromatic heterocycles. The van der Waals surface area contributed by atoms with Crippen LogP contribution in [0.1, 0.15) is 17.2 Å². The van der Waals surface area contributed by atoms with Crippen LogP contribution in [0.25, 0.3) is 0 Å². The molecule has 1 atom stereocenters. The van der Waals surface area contributed by atoms with Crippen molar-refractivity contribution < 1.29 is 19.2 Å². The summed E-state index contributed by atoms with van der Waals surface area (Å²) in [5.74, 6) is 0.840. The van der Waals surface area contributed by atoms with Gasteiger partial charge < -0.3 is 24.9 Å². The Balaban J connectivity index is 0.000000516. The number of aromatic amines is 1. The van der Waals surface area contributed by atoms with Gasteiger partial charge in [-0.25, -0.2) is 4.57 Å². The predicted octanol–water partition coefficient (Wildman–Crippen LogP) is 2.62. The second-order valence-electron chi connectivity index (χ2n) is 5.84. The van der Waals surface area contributed by atoms with Crippen molar-refractivity contribution in [2.75, 3.05) is 6.61 Å². The quantitative estimate of drug-likeness (QED) is 0.423. The standard InChI is InChI=1S/C19H17N3O2.NO3/c1-2-6-15(7-3-1)12-24-21-19-16-8-4-5-9-18(16)23-13-17(19)22-11-10-20-14-22;2-1(3)4/h1-11,14,17H,12-13H2;/q;-1/p+1/b21-19-;. The van der Waals surface area contributed by atoms with Crippen molar-refractivity contribution in [2.24, 2.45) is 5.16 Å². The van der Waals surface area contributed by atoms with Gasteiger partial charge in [-0.2, -0.15) is 0 Å². The maximum atomic E-state index is 8.25. The Morgan fingerprint density at radius 3 is 2.61 bits per heavy atom. The number of ether oxygens (including phenoxy) is 1. The van der Waals surface area contributed by atoms with E-state index < -0.39 is 5.09 Å². The fraction of sp³-hybridized carbons (Fsp3) is 0.158. The molecule has 3 aromatic rings. The zero-order valence-electron chi connectivity index (χ0n) is 14.8. The average Bonchev–Trinajstić information content (AvgIpc) is 3.23. The summed E-state index contributed by atoms with van der Waals surface area (Å²) >= 11 is 0. The van der Waals surface area contributed by atoms with E-state index in [4.69, 9.17) is 24.9 Å². The van der Waals surface area contributed by atoms with E-state index in [2.05, 4.69) is 10.1 Å². The molecular formula is C19H18N4O5. The fourth-order valence-electron chi connectivity index (χ4n) is 2.81. The minimum atomic E-state index is -1.75. The second kappa shape index (κ2) is 9.17. The molecule has 0 spiro atoms. The lowest BCUT2D eigenvalue weighted by atomic mass is 10.00. The highest BCUT2D eigenvalue weighted by molar-refractivity contribution is 6.05. The molecule has 9 nitrogen and oxygen atoms in total. The summed E-state index contributed by atoms with van der Waals surface area (Å²) < 4.78 is 7.93. The van der Waals surface area contributed by atoms with Crippen LogP contribution in [-0.4, -0.2) is 22.4 Å². The van der Waals surface area contributed by atoms with E-state index in [1.165, 1.54) is 0 Å². The van der Waals surface area contributed by atoms with Crippen molar-refractivity contribution >= 4 is 5.71 Å². The molecule has 2 aromatic carbocycles. The number of fused-ring (bicyclic) bond motifs is 1. The van der Waals surface area contributed by atoms with E-state index in [1.807, 2.05) is 77.9 Å². The van der Waals surface area contributed by atoms with Crippen LogP contribution in [0.5, 0.6) is 5.75 Å². The molecule has 9 heteroatoms. The highest BCUT2D eigenvalue weighted by Gasteiger charge is 2.32. The van der Waals surface area contributed by atoms with Gasteiger partial charge in [-0.3, -0.25) is 4.98 Å². The van der Waals surface area contributed by atoms with Crippen molar-refractivity contribution in [3.05, 3.63) is 99.8 Å². The van der Waals surface area contributed by atoms with Crippen LogP contribution in [0.4, 0.5) is 0 Å². The van der Waals surface area contributed by atoms with Gasteiger partial charge in [0.25, 0.3) is 0 Å². The molecular weight excluding hydrogens is 364 g/mol. The summed E-state index contributed by atoms with van der Waals surface area (Å²) in [5.41, 5.74) is 2.93. The molecule has 0 radical (unpaired) electrons. The molecule has 0 fully saturated rings. The van der Waals surface area contributed by atoms with Crippen LogP contribution < -0.4 is 9.30 Å². The summed E-state index contributed by atoms with van der Waals surface area (Å²) in [6, 6.07) is 17.9. The van der Waals surface area contributed by atoms with Crippen LogP contribution in [0.2, 0.25) is 0 Å². The Bertz CT molecular complexity index is 925. The van der Waals surface area contributed by atoms with Crippen LogP contribution >= 0.6 is 0 Å². The van der Waals surface area contributed by atoms with Crippen molar-refractivity contribution in [2.45, 2.75) is 12.6 Å². The number of hydrogen-bond acceptors (Lipinski definition) is 6. The summed E-state index contributed by atoms with van der Waals surface area (Å²) in [5, 5.41) is 19.2. The summed E-state index contributed by atoms with van der Waals surface area (Å²) in [6.07, 6.45) is 5.74. The number of nitrogens with one attached hydrogen (secondary N) is 1. The number of imidazole rings is 1. The Morgan fingerprint density at radius 1 is 1.18 bits per heavy atom. The van der Waals surface area contributed by atoms with Gasteiger partial charge in [-0.1, -0.05) is 47.6 Å². The summed E-state index contributed by atoms with van der Waals surface area (Å²) in [6.45, 7) is 0.963. The molecule has 2 heterocycles. The SMILES string of the molecule is O=[N+]([O-])[O-].c1ccc(CO/N=C2/c3ccccc3OCC2[n+]2cc[nH]c2)cc1. The maximum absolute atomic E-state index is 8.25. The van der Waals surface area contributed by atoms with Crippen molar-refractivity contribution in [1.29, 1.82) is 0 Å². The van der Waals surface area contributed by atoms with E-state index in [0.717, 1.165) is 22.6 Å². The molecule has 0 bridgehead atoms. The lowest BCUT2D eigenvalue weighted by Crippen LogP contribution is -2.48. The average molecular weight is 382 g/mol. The number of hydrogen-bond donors (Lipinski definition) is 1. The molecule has 0 saturated heterocycles. The number of aromatic nitrogens is 2. The van der Waals surface area contributed by atoms with Crippen LogP contribution in [0, 0.1) is 15.3 Å². The Labute approximate surface area is 160 Å². The number of benzene rings is 2. The van der Waals surface area contributed by atoms with Crippen molar-refractivity contribution in [3.63, 3.8) is 0 Å². The van der Waals surface area contributed by atoms with Gasteiger partial charge >= 0.3 is 0 Å². The highest BCUT2D eigenvalue weighted by Crippen LogP contribution is 2.28. The Hall–Kier alpha value is -3.88. The molecule has 0 aliphatic carbocycles. The second-order valence-corrected chi connectivity index (χ2v) is 5.84. The third-order valence-corrected chi connectivity index (χ3v) is 4.04. The molecule has 28 heavy (non-hydrogen) atoms. The van der Waals surface area contributed by atoms with Gasteiger partial charge in [0, 0.05) is 5.56 Å². The highest BCUT2D eigenvalue weighted by atomic mass is 16.9. The lowest BCUT2D eigenvalue weighted by Gasteiger charge is -2.24. The van der Waals surface area contributed by atoms with E-state index in [9.17, 15) is 0 Å². The minimum Gasteiger partial charge on any atom is -0.488 e. The van der Waals surface area contributed by atoms with Gasteiger partial charge in [0.15, 0.2) is 6.04 Å². The normalized spacial score (nSPS) is 16.3. The van der Waals surface area contributed by atoms with E-state index >= 15 is 0 Å². The largest absolute Gasteiger partial charge is 0.488 e. The van der Waals surface area contributed by atoms with Gasteiger partial charge in [0.2, 0.25) is 6.33 Å². The molecule has 1 aliphatic rings. The first-order chi connectivity index (χ1) is 13.6. The Kier molecular flexibility index (Phi) is 6.19. The third-order valence-electron chi connectivity index (χ3n) is 4.04. The van der Waals surface area contributed by atoms with E-state index in [1.54, 1.807) is 0 Å². The van der Waals surface area contributed by atoms with Crippen LogP contribution in [-0.2, 0) is 11.4 Å². The Morgan fingerprint density at radius 2 is 1.89 bits per heavy atom. The zero-order chi connectivity index (χ0) is 19.8. The van der Waals surface area contributed by atoms with Gasteiger partial charge in [0.1, 0.15) is 37.1 Å². The van der Waals surface area contributed by atoms with Gasteiger partial charge in [-0.05, 0) is 17.7 Å². The smallest absolute Gasteiger partial charge is 0.242 e. The minimum absolute atomic E-state index is 0.0260. The first-order valence-electron chi connectivity index (χ1n) is 8.46. The predicted molar refractivity (Wildman–Crippen MR) is 100 cm³/mol.